The Morgan fingerprint density at radius 1 is 0.950 bits per heavy atom. The molecule has 0 aliphatic carbocycles. The normalized spacial score (nSPS) is 14.4. The summed E-state index contributed by atoms with van der Waals surface area (Å²) in [6.45, 7) is 3.61. The van der Waals surface area contributed by atoms with E-state index in [1.54, 1.807) is 13.2 Å². The fourth-order valence-corrected chi connectivity index (χ4v) is 4.75. The topological polar surface area (TPSA) is 68.2 Å². The van der Waals surface area contributed by atoms with E-state index in [0.29, 0.717) is 18.1 Å². The molecule has 40 heavy (non-hydrogen) atoms. The Balaban J connectivity index is 0.00000441. The van der Waals surface area contributed by atoms with E-state index in [2.05, 4.69) is 53.4 Å². The van der Waals surface area contributed by atoms with Crippen LogP contribution in [0.1, 0.15) is 42.1 Å². The van der Waals surface area contributed by atoms with Gasteiger partial charge in [0.05, 0.1) is 19.8 Å². The Kier molecular flexibility index (Phi) is 12.8. The zero-order valence-corrected chi connectivity index (χ0v) is 23.7. The van der Waals surface area contributed by atoms with Crippen LogP contribution in [0.3, 0.4) is 0 Å². The maximum absolute atomic E-state index is 10.6. The second-order valence-corrected chi connectivity index (χ2v) is 9.55. The van der Waals surface area contributed by atoms with E-state index >= 15 is 0 Å². The molecular weight excluding hydrogens is 526 g/mol. The molecule has 0 aromatic heterocycles. The number of hydrogen-bond acceptors (Lipinski definition) is 5. The number of methoxy groups -OCH3 is 1. The fourth-order valence-electron chi connectivity index (χ4n) is 4.75. The summed E-state index contributed by atoms with van der Waals surface area (Å²) in [5.41, 5.74) is 3.29. The summed E-state index contributed by atoms with van der Waals surface area (Å²) in [7, 11) is 1.62. The van der Waals surface area contributed by atoms with Crippen LogP contribution in [-0.4, -0.2) is 55.4 Å². The lowest BCUT2D eigenvalue weighted by molar-refractivity contribution is -0.131. The first-order valence-corrected chi connectivity index (χ1v) is 13.5. The van der Waals surface area contributed by atoms with Gasteiger partial charge in [-0.05, 0) is 48.1 Å². The molecular formula is C33H38ClNO5. The fraction of sp³-hybridized carbons (Fsp3) is 0.303. The van der Waals surface area contributed by atoms with Gasteiger partial charge in [0.25, 0.3) is 0 Å². The van der Waals surface area contributed by atoms with Gasteiger partial charge in [-0.25, -0.2) is 4.79 Å². The molecule has 1 fully saturated rings. The molecule has 1 N–H and O–H groups in total. The smallest absolute Gasteiger partial charge is 0.328 e. The quantitative estimate of drug-likeness (QED) is 0.140. The van der Waals surface area contributed by atoms with Crippen LogP contribution in [0.5, 0.6) is 11.5 Å². The molecule has 0 saturated carbocycles. The lowest BCUT2D eigenvalue weighted by Gasteiger charge is -2.34. The molecule has 0 amide bonds. The first-order chi connectivity index (χ1) is 19.1. The van der Waals surface area contributed by atoms with Gasteiger partial charge >= 0.3 is 5.97 Å². The van der Waals surface area contributed by atoms with Crippen LogP contribution in [0.15, 0.2) is 97.1 Å². The second kappa shape index (κ2) is 16.5. The minimum atomic E-state index is -0.974. The van der Waals surface area contributed by atoms with E-state index < -0.39 is 5.97 Å². The number of carboxylic acid groups (broad SMARTS) is 1. The average Bonchev–Trinajstić information content (AvgIpc) is 2.98. The number of halogens is 1. The Morgan fingerprint density at radius 3 is 2.20 bits per heavy atom. The van der Waals surface area contributed by atoms with E-state index in [0.717, 1.165) is 50.5 Å². The minimum Gasteiger partial charge on any atom is -0.493 e. The standard InChI is InChI=1S/C33H37NO5.ClH/c1-37-31-25-26(11-8-9-16-32(35)36)17-18-30(31)38-24-10-21-34-22-19-29(20-23-34)39-33(27-12-4-2-5-13-27)28-14-6-3-7-15-28;/h2-9,11-18,25,29,33H,10,19-24H2,1H3,(H,35,36);1H. The number of rotatable bonds is 13. The molecule has 3 aromatic rings. The third-order valence-corrected chi connectivity index (χ3v) is 6.77. The van der Waals surface area contributed by atoms with Gasteiger partial charge in [-0.3, -0.25) is 0 Å². The van der Waals surface area contributed by atoms with Crippen molar-refractivity contribution in [3.8, 4) is 11.5 Å². The molecule has 0 bridgehead atoms. The zero-order valence-electron chi connectivity index (χ0n) is 22.9. The summed E-state index contributed by atoms with van der Waals surface area (Å²) in [6.07, 6.45) is 9.22. The number of hydrogen-bond donors (Lipinski definition) is 1. The summed E-state index contributed by atoms with van der Waals surface area (Å²) in [6, 6.07) is 26.6. The van der Waals surface area contributed by atoms with Crippen molar-refractivity contribution in [2.75, 3.05) is 33.4 Å². The summed E-state index contributed by atoms with van der Waals surface area (Å²) >= 11 is 0. The highest BCUT2D eigenvalue weighted by Gasteiger charge is 2.24. The number of likely N-dealkylation sites (tertiary alicyclic amines) is 1. The van der Waals surface area contributed by atoms with Crippen molar-refractivity contribution in [3.05, 3.63) is 114 Å². The van der Waals surface area contributed by atoms with Gasteiger partial charge in [-0.15, -0.1) is 12.4 Å². The Hall–Kier alpha value is -3.58. The van der Waals surface area contributed by atoms with Gasteiger partial charge in [-0.2, -0.15) is 0 Å². The SMILES string of the molecule is COc1cc(C=CC=CC(=O)O)ccc1OCCCN1CCC(OC(c2ccccc2)c2ccccc2)CC1.Cl. The maximum Gasteiger partial charge on any atom is 0.328 e. The van der Waals surface area contributed by atoms with E-state index in [9.17, 15) is 4.79 Å². The average molecular weight is 564 g/mol. The van der Waals surface area contributed by atoms with Gasteiger partial charge in [-0.1, -0.05) is 85.0 Å². The van der Waals surface area contributed by atoms with Crippen LogP contribution in [0.25, 0.3) is 6.08 Å². The van der Waals surface area contributed by atoms with Gasteiger partial charge in [0, 0.05) is 25.7 Å². The molecule has 1 saturated heterocycles. The number of ether oxygens (including phenoxy) is 3. The molecule has 4 rings (SSSR count). The van der Waals surface area contributed by atoms with Gasteiger partial charge in [0.1, 0.15) is 6.10 Å². The number of carboxylic acids is 1. The summed E-state index contributed by atoms with van der Waals surface area (Å²) in [5, 5.41) is 8.67. The van der Waals surface area contributed by atoms with Crippen LogP contribution in [0, 0.1) is 0 Å². The first-order valence-electron chi connectivity index (χ1n) is 13.5. The third-order valence-electron chi connectivity index (χ3n) is 6.77. The molecule has 212 valence electrons. The third kappa shape index (κ3) is 9.56. The van der Waals surface area contributed by atoms with Crippen molar-refractivity contribution < 1.29 is 24.1 Å². The Labute approximate surface area is 243 Å². The molecule has 3 aromatic carbocycles. The van der Waals surface area contributed by atoms with Gasteiger partial charge < -0.3 is 24.2 Å². The number of piperidine rings is 1. The lowest BCUT2D eigenvalue weighted by Crippen LogP contribution is -2.38. The molecule has 1 aliphatic heterocycles. The molecule has 7 heteroatoms. The number of allylic oxidation sites excluding steroid dienone is 2. The van der Waals surface area contributed by atoms with Crippen LogP contribution >= 0.6 is 12.4 Å². The molecule has 0 unspecified atom stereocenters. The van der Waals surface area contributed by atoms with Gasteiger partial charge in [0.15, 0.2) is 11.5 Å². The zero-order chi connectivity index (χ0) is 27.3. The van der Waals surface area contributed by atoms with E-state index in [4.69, 9.17) is 19.3 Å². The van der Waals surface area contributed by atoms with Crippen LogP contribution in [0.4, 0.5) is 0 Å². The highest BCUT2D eigenvalue weighted by atomic mass is 35.5. The van der Waals surface area contributed by atoms with Crippen LogP contribution in [0.2, 0.25) is 0 Å². The Morgan fingerprint density at radius 2 is 1.60 bits per heavy atom. The second-order valence-electron chi connectivity index (χ2n) is 9.55. The van der Waals surface area contributed by atoms with Crippen LogP contribution in [-0.2, 0) is 9.53 Å². The minimum absolute atomic E-state index is 0. The predicted octanol–water partition coefficient (Wildman–Crippen LogP) is 6.81. The number of carbonyl (C=O) groups is 1. The van der Waals surface area contributed by atoms with Crippen molar-refractivity contribution >= 4 is 24.5 Å². The van der Waals surface area contributed by atoms with E-state index in [1.807, 2.05) is 36.4 Å². The molecule has 1 aliphatic rings. The summed E-state index contributed by atoms with van der Waals surface area (Å²) in [5.74, 6) is 0.387. The molecule has 0 radical (unpaired) electrons. The number of nitrogens with zero attached hydrogens (tertiary/aromatic N) is 1. The van der Waals surface area contributed by atoms with Crippen molar-refractivity contribution in [2.24, 2.45) is 0 Å². The van der Waals surface area contributed by atoms with Crippen molar-refractivity contribution in [1.82, 2.24) is 4.90 Å². The largest absolute Gasteiger partial charge is 0.493 e. The number of aliphatic carboxylic acids is 1. The molecule has 0 atom stereocenters. The molecule has 0 spiro atoms. The van der Waals surface area contributed by atoms with Crippen molar-refractivity contribution in [3.63, 3.8) is 0 Å². The number of benzene rings is 3. The van der Waals surface area contributed by atoms with Crippen molar-refractivity contribution in [1.29, 1.82) is 0 Å². The lowest BCUT2D eigenvalue weighted by atomic mass is 10.00. The highest BCUT2D eigenvalue weighted by molar-refractivity contribution is 5.85. The van der Waals surface area contributed by atoms with Crippen molar-refractivity contribution in [2.45, 2.75) is 31.5 Å². The highest BCUT2D eigenvalue weighted by Crippen LogP contribution is 2.31. The van der Waals surface area contributed by atoms with E-state index in [1.165, 1.54) is 17.2 Å². The Bertz CT molecular complexity index is 1180. The van der Waals surface area contributed by atoms with E-state index in [-0.39, 0.29) is 24.6 Å². The molecule has 6 nitrogen and oxygen atoms in total. The van der Waals surface area contributed by atoms with Gasteiger partial charge in [0.2, 0.25) is 0 Å². The predicted molar refractivity (Wildman–Crippen MR) is 161 cm³/mol. The summed E-state index contributed by atoms with van der Waals surface area (Å²) in [4.78, 5) is 13.1. The van der Waals surface area contributed by atoms with Crippen LogP contribution < -0.4 is 9.47 Å². The monoisotopic (exact) mass is 563 g/mol. The molecule has 1 heterocycles. The first kappa shape index (κ1) is 31.0. The summed E-state index contributed by atoms with van der Waals surface area (Å²) < 4.78 is 18.2. The maximum atomic E-state index is 10.6.